The number of benzene rings is 2. The van der Waals surface area contributed by atoms with Gasteiger partial charge in [-0.25, -0.2) is 8.42 Å². The third-order valence-electron chi connectivity index (χ3n) is 3.17. The molecule has 25 heavy (non-hydrogen) atoms. The quantitative estimate of drug-likeness (QED) is 0.616. The molecule has 0 amide bonds. The maximum atomic E-state index is 12.9. The molecule has 0 atom stereocenters. The summed E-state index contributed by atoms with van der Waals surface area (Å²) in [7, 11) is -4.39. The van der Waals surface area contributed by atoms with E-state index in [0.29, 0.717) is 11.6 Å². The van der Waals surface area contributed by atoms with Gasteiger partial charge in [0, 0.05) is 11.8 Å². The highest BCUT2D eigenvalue weighted by Crippen LogP contribution is 2.37. The molecular formula is C14H11F3N2O5S. The smallest absolute Gasteiger partial charge is 0.392 e. The van der Waals surface area contributed by atoms with Crippen molar-refractivity contribution in [3.05, 3.63) is 63.7 Å². The topological polar surface area (TPSA) is 110 Å². The Hall–Kier alpha value is -2.66. The molecule has 2 N–H and O–H groups in total. The Labute approximate surface area is 139 Å². The monoisotopic (exact) mass is 376 g/mol. The van der Waals surface area contributed by atoms with Crippen LogP contribution in [0.15, 0.2) is 47.4 Å². The Bertz CT molecular complexity index is 896. The Morgan fingerprint density at radius 2 is 1.72 bits per heavy atom. The lowest BCUT2D eigenvalue weighted by Gasteiger charge is -2.12. The maximum Gasteiger partial charge on any atom is 0.423 e. The standard InChI is InChI=1S/C14H11F3N2O5S/c15-14(16,17)12-7-11(5-6-13(12)19(21)22)25(23,24)18-10-3-1-9(8-20)2-4-10/h1-7,18,20H,8H2. The van der Waals surface area contributed by atoms with Crippen LogP contribution in [-0.4, -0.2) is 18.4 Å². The molecule has 134 valence electrons. The van der Waals surface area contributed by atoms with Gasteiger partial charge in [0.2, 0.25) is 0 Å². The summed E-state index contributed by atoms with van der Waals surface area (Å²) in [5, 5.41) is 19.6. The summed E-state index contributed by atoms with van der Waals surface area (Å²) >= 11 is 0. The number of aliphatic hydroxyl groups excluding tert-OH is 1. The number of nitrogens with zero attached hydrogens (tertiary/aromatic N) is 1. The van der Waals surface area contributed by atoms with Crippen LogP contribution < -0.4 is 4.72 Å². The Balaban J connectivity index is 2.43. The van der Waals surface area contributed by atoms with Gasteiger partial charge in [0.15, 0.2) is 0 Å². The van der Waals surface area contributed by atoms with E-state index in [1.54, 1.807) is 0 Å². The number of anilines is 1. The number of rotatable bonds is 5. The molecule has 0 spiro atoms. The fraction of sp³-hybridized carbons (Fsp3) is 0.143. The second-order valence-electron chi connectivity index (χ2n) is 4.89. The highest BCUT2D eigenvalue weighted by molar-refractivity contribution is 7.92. The van der Waals surface area contributed by atoms with Crippen LogP contribution in [0.5, 0.6) is 0 Å². The van der Waals surface area contributed by atoms with E-state index in [0.717, 1.165) is 6.07 Å². The summed E-state index contributed by atoms with van der Waals surface area (Å²) in [5.41, 5.74) is -2.32. The van der Waals surface area contributed by atoms with E-state index in [4.69, 9.17) is 5.11 Å². The van der Waals surface area contributed by atoms with Gasteiger partial charge >= 0.3 is 6.18 Å². The molecule has 0 aliphatic heterocycles. The van der Waals surface area contributed by atoms with Crippen LogP contribution in [0.1, 0.15) is 11.1 Å². The minimum atomic E-state index is -5.09. The van der Waals surface area contributed by atoms with Crippen LogP contribution in [0.3, 0.4) is 0 Å². The van der Waals surface area contributed by atoms with Crippen LogP contribution in [0.4, 0.5) is 24.5 Å². The molecule has 0 aromatic heterocycles. The molecule has 0 aliphatic rings. The van der Waals surface area contributed by atoms with Crippen molar-refractivity contribution in [3.63, 3.8) is 0 Å². The van der Waals surface area contributed by atoms with Gasteiger partial charge in [0.05, 0.1) is 16.4 Å². The summed E-state index contributed by atoms with van der Waals surface area (Å²) in [5.74, 6) is 0. The second kappa shape index (κ2) is 6.69. The lowest BCUT2D eigenvalue weighted by atomic mass is 10.2. The van der Waals surface area contributed by atoms with Crippen LogP contribution in [0.2, 0.25) is 0 Å². The molecule has 2 aromatic rings. The lowest BCUT2D eigenvalue weighted by Crippen LogP contribution is -2.15. The third-order valence-corrected chi connectivity index (χ3v) is 4.55. The zero-order valence-corrected chi connectivity index (χ0v) is 13.1. The Morgan fingerprint density at radius 1 is 1.12 bits per heavy atom. The molecule has 7 nitrogen and oxygen atoms in total. The van der Waals surface area contributed by atoms with Gasteiger partial charge < -0.3 is 5.11 Å². The van der Waals surface area contributed by atoms with Crippen LogP contribution >= 0.6 is 0 Å². The van der Waals surface area contributed by atoms with Crippen molar-refractivity contribution in [2.24, 2.45) is 0 Å². The zero-order valence-electron chi connectivity index (χ0n) is 12.3. The number of nitrogens with one attached hydrogen (secondary N) is 1. The van der Waals surface area contributed by atoms with E-state index < -0.39 is 37.3 Å². The number of hydrogen-bond donors (Lipinski definition) is 2. The van der Waals surface area contributed by atoms with E-state index >= 15 is 0 Å². The maximum absolute atomic E-state index is 12.9. The molecule has 0 heterocycles. The Kier molecular flexibility index (Phi) is 4.99. The molecule has 0 saturated carbocycles. The molecule has 2 aromatic carbocycles. The van der Waals surface area contributed by atoms with E-state index in [1.165, 1.54) is 24.3 Å². The minimum absolute atomic E-state index is 0.0594. The molecule has 0 aliphatic carbocycles. The first-order chi connectivity index (χ1) is 11.5. The average molecular weight is 376 g/mol. The predicted octanol–water partition coefficient (Wildman–Crippen LogP) is 2.91. The summed E-state index contributed by atoms with van der Waals surface area (Å²) in [6, 6.07) is 6.91. The van der Waals surface area contributed by atoms with E-state index in [9.17, 15) is 31.7 Å². The molecule has 0 fully saturated rings. The van der Waals surface area contributed by atoms with Gasteiger partial charge in [-0.05, 0) is 29.8 Å². The average Bonchev–Trinajstić information content (AvgIpc) is 2.53. The third kappa shape index (κ3) is 4.25. The second-order valence-corrected chi connectivity index (χ2v) is 6.58. The molecule has 0 unspecified atom stereocenters. The number of nitro benzene ring substituents is 1. The van der Waals surface area contributed by atoms with Gasteiger partial charge in [-0.15, -0.1) is 0 Å². The lowest BCUT2D eigenvalue weighted by molar-refractivity contribution is -0.388. The van der Waals surface area contributed by atoms with Gasteiger partial charge in [-0.1, -0.05) is 12.1 Å². The number of aliphatic hydroxyl groups is 1. The number of halogens is 3. The van der Waals surface area contributed by atoms with Gasteiger partial charge in [-0.2, -0.15) is 13.2 Å². The first kappa shape index (κ1) is 18.7. The number of hydrogen-bond acceptors (Lipinski definition) is 5. The van der Waals surface area contributed by atoms with Crippen molar-refractivity contribution in [2.75, 3.05) is 4.72 Å². The molecule has 0 radical (unpaired) electrons. The van der Waals surface area contributed by atoms with Crippen LogP contribution in [-0.2, 0) is 22.8 Å². The minimum Gasteiger partial charge on any atom is -0.392 e. The van der Waals surface area contributed by atoms with Crippen molar-refractivity contribution < 1.29 is 31.6 Å². The largest absolute Gasteiger partial charge is 0.423 e. The highest BCUT2D eigenvalue weighted by Gasteiger charge is 2.39. The van der Waals surface area contributed by atoms with Gasteiger partial charge in [0.1, 0.15) is 5.56 Å². The van der Waals surface area contributed by atoms with Gasteiger partial charge in [0.25, 0.3) is 15.7 Å². The first-order valence-electron chi connectivity index (χ1n) is 6.63. The number of nitro groups is 1. The molecule has 11 heteroatoms. The van der Waals surface area contributed by atoms with Crippen molar-refractivity contribution >= 4 is 21.4 Å². The SMILES string of the molecule is O=[N+]([O-])c1ccc(S(=O)(=O)Nc2ccc(CO)cc2)cc1C(F)(F)F. The fourth-order valence-electron chi connectivity index (χ4n) is 1.96. The Morgan fingerprint density at radius 3 is 2.20 bits per heavy atom. The zero-order chi connectivity index (χ0) is 18.8. The van der Waals surface area contributed by atoms with Gasteiger partial charge in [-0.3, -0.25) is 14.8 Å². The van der Waals surface area contributed by atoms with Crippen molar-refractivity contribution in [2.45, 2.75) is 17.7 Å². The molecule has 0 saturated heterocycles. The highest BCUT2D eigenvalue weighted by atomic mass is 32.2. The number of alkyl halides is 3. The molecular weight excluding hydrogens is 365 g/mol. The van der Waals surface area contributed by atoms with Crippen molar-refractivity contribution in [1.29, 1.82) is 0 Å². The van der Waals surface area contributed by atoms with Crippen molar-refractivity contribution in [1.82, 2.24) is 0 Å². The molecule has 2 rings (SSSR count). The summed E-state index contributed by atoms with van der Waals surface area (Å²) < 4.78 is 65.3. The fourth-order valence-corrected chi connectivity index (χ4v) is 3.05. The number of sulfonamides is 1. The van der Waals surface area contributed by atoms with Crippen LogP contribution in [0.25, 0.3) is 0 Å². The molecule has 0 bridgehead atoms. The summed E-state index contributed by atoms with van der Waals surface area (Å²) in [4.78, 5) is 8.70. The predicted molar refractivity (Wildman–Crippen MR) is 81.3 cm³/mol. The first-order valence-corrected chi connectivity index (χ1v) is 8.11. The van der Waals surface area contributed by atoms with Crippen LogP contribution in [0, 0.1) is 10.1 Å². The van der Waals surface area contributed by atoms with E-state index in [-0.39, 0.29) is 18.4 Å². The summed E-state index contributed by atoms with van der Waals surface area (Å²) in [6.45, 7) is -0.260. The van der Waals surface area contributed by atoms with E-state index in [1.807, 2.05) is 0 Å². The summed E-state index contributed by atoms with van der Waals surface area (Å²) in [6.07, 6.45) is -5.09. The van der Waals surface area contributed by atoms with Crippen molar-refractivity contribution in [3.8, 4) is 0 Å². The normalized spacial score (nSPS) is 12.0. The van der Waals surface area contributed by atoms with E-state index in [2.05, 4.69) is 4.72 Å².